The monoisotopic (exact) mass is 369 g/mol. The summed E-state index contributed by atoms with van der Waals surface area (Å²) in [4.78, 5) is 24.1. The van der Waals surface area contributed by atoms with Gasteiger partial charge >= 0.3 is 6.18 Å². The molecule has 2 N–H and O–H groups in total. The molecule has 0 saturated heterocycles. The zero-order chi connectivity index (χ0) is 19.3. The summed E-state index contributed by atoms with van der Waals surface area (Å²) in [5.74, 6) is -0.195. The lowest BCUT2D eigenvalue weighted by atomic mass is 10.1. The molecule has 0 spiro atoms. The van der Waals surface area contributed by atoms with Gasteiger partial charge in [-0.3, -0.25) is 4.79 Å². The Morgan fingerprint density at radius 1 is 1.35 bits per heavy atom. The first-order chi connectivity index (χ1) is 12.2. The number of nitrogens with one attached hydrogen (secondary N) is 2. The maximum Gasteiger partial charge on any atom is 0.422 e. The molecule has 0 aromatic carbocycles. The molecule has 1 atom stereocenters. The normalized spacial score (nSPS) is 12.4. The molecule has 140 valence electrons. The zero-order valence-corrected chi connectivity index (χ0v) is 14.4. The summed E-state index contributed by atoms with van der Waals surface area (Å²) in [5, 5.41) is 5.49. The van der Waals surface area contributed by atoms with Gasteiger partial charge in [0.05, 0.1) is 6.04 Å². The van der Waals surface area contributed by atoms with Crippen LogP contribution >= 0.6 is 0 Å². The van der Waals surface area contributed by atoms with Gasteiger partial charge in [0.1, 0.15) is 5.69 Å². The Bertz CT molecular complexity index is 783. The fourth-order valence-corrected chi connectivity index (χ4v) is 2.08. The Kier molecular flexibility index (Phi) is 5.96. The highest BCUT2D eigenvalue weighted by Crippen LogP contribution is 2.22. The highest BCUT2D eigenvalue weighted by molar-refractivity contribution is 5.92. The molecular formula is C16H18F3N5O2. The van der Waals surface area contributed by atoms with Gasteiger partial charge in [-0.15, -0.1) is 0 Å². The van der Waals surface area contributed by atoms with Crippen LogP contribution in [0.2, 0.25) is 0 Å². The summed E-state index contributed by atoms with van der Waals surface area (Å²) in [6, 6.07) is 2.65. The highest BCUT2D eigenvalue weighted by atomic mass is 19.4. The number of carbonyl (C=O) groups is 1. The molecule has 0 fully saturated rings. The lowest BCUT2D eigenvalue weighted by Crippen LogP contribution is -2.28. The van der Waals surface area contributed by atoms with Gasteiger partial charge in [0.15, 0.2) is 6.61 Å². The van der Waals surface area contributed by atoms with Crippen LogP contribution in [0.4, 0.5) is 19.1 Å². The number of aryl methyl sites for hydroxylation is 1. The van der Waals surface area contributed by atoms with Gasteiger partial charge in [-0.1, -0.05) is 0 Å². The van der Waals surface area contributed by atoms with E-state index in [1.807, 2.05) is 0 Å². The first-order valence-corrected chi connectivity index (χ1v) is 7.67. The molecular weight excluding hydrogens is 351 g/mol. The Hall–Kier alpha value is -2.91. The van der Waals surface area contributed by atoms with E-state index >= 15 is 0 Å². The van der Waals surface area contributed by atoms with E-state index in [4.69, 9.17) is 0 Å². The minimum Gasteiger partial charge on any atom is -0.468 e. The number of pyridine rings is 1. The molecule has 7 nitrogen and oxygen atoms in total. The lowest BCUT2D eigenvalue weighted by Gasteiger charge is -2.16. The molecule has 10 heteroatoms. The Labute approximate surface area is 148 Å². The molecule has 2 aromatic heterocycles. The summed E-state index contributed by atoms with van der Waals surface area (Å²) in [6.45, 7) is 1.90. The summed E-state index contributed by atoms with van der Waals surface area (Å²) < 4.78 is 41.3. The van der Waals surface area contributed by atoms with Crippen molar-refractivity contribution in [3.63, 3.8) is 0 Å². The van der Waals surface area contributed by atoms with E-state index in [-0.39, 0.29) is 11.6 Å². The second-order valence-electron chi connectivity index (χ2n) is 5.51. The first kappa shape index (κ1) is 19.4. The van der Waals surface area contributed by atoms with E-state index in [0.29, 0.717) is 17.1 Å². The molecule has 1 amide bonds. The minimum absolute atomic E-state index is 0.0981. The number of alkyl halides is 3. The quantitative estimate of drug-likeness (QED) is 0.814. The van der Waals surface area contributed by atoms with Gasteiger partial charge in [0.2, 0.25) is 11.8 Å². The van der Waals surface area contributed by atoms with Crippen LogP contribution in [0.15, 0.2) is 24.5 Å². The number of hydrogen-bond donors (Lipinski definition) is 2. The van der Waals surface area contributed by atoms with Crippen molar-refractivity contribution in [2.24, 2.45) is 0 Å². The molecule has 0 aliphatic heterocycles. The molecule has 2 aromatic rings. The smallest absolute Gasteiger partial charge is 0.422 e. The molecule has 0 aliphatic carbocycles. The van der Waals surface area contributed by atoms with Gasteiger partial charge in [0.25, 0.3) is 5.91 Å². The molecule has 0 radical (unpaired) electrons. The van der Waals surface area contributed by atoms with Crippen molar-refractivity contribution >= 4 is 11.9 Å². The average Bonchev–Trinajstić information content (AvgIpc) is 2.59. The van der Waals surface area contributed by atoms with Gasteiger partial charge in [0, 0.05) is 25.0 Å². The van der Waals surface area contributed by atoms with Gasteiger partial charge in [-0.05, 0) is 31.5 Å². The van der Waals surface area contributed by atoms with Crippen LogP contribution in [-0.4, -0.2) is 40.7 Å². The van der Waals surface area contributed by atoms with Crippen LogP contribution in [0, 0.1) is 6.92 Å². The number of anilines is 1. The van der Waals surface area contributed by atoms with Crippen molar-refractivity contribution in [2.45, 2.75) is 26.1 Å². The topological polar surface area (TPSA) is 89.0 Å². The number of hydrogen-bond acceptors (Lipinski definition) is 6. The second-order valence-corrected chi connectivity index (χ2v) is 5.51. The SMILES string of the molecule is CNc1nccc(C(=O)NC(C)c2cnc(OCC(F)(F)F)c(C)c2)n1. The third kappa shape index (κ3) is 5.30. The standard InChI is InChI=1S/C16H18F3N5O2/c1-9-6-11(7-22-14(9)26-8-16(17,18)19)10(2)23-13(25)12-4-5-21-15(20-3)24-12/h4-7,10H,8H2,1-3H3,(H,23,25)(H,20,21,24). The van der Waals surface area contributed by atoms with Crippen molar-refractivity contribution in [3.8, 4) is 5.88 Å². The third-order valence-corrected chi connectivity index (χ3v) is 3.38. The lowest BCUT2D eigenvalue weighted by molar-refractivity contribution is -0.154. The van der Waals surface area contributed by atoms with E-state index < -0.39 is 24.7 Å². The van der Waals surface area contributed by atoms with E-state index in [2.05, 4.69) is 30.3 Å². The van der Waals surface area contributed by atoms with E-state index in [9.17, 15) is 18.0 Å². The molecule has 2 rings (SSSR count). The predicted octanol–water partition coefficient (Wildman–Crippen LogP) is 2.65. The van der Waals surface area contributed by atoms with Crippen molar-refractivity contribution in [3.05, 3.63) is 41.3 Å². The molecule has 0 bridgehead atoms. The average molecular weight is 369 g/mol. The van der Waals surface area contributed by atoms with Gasteiger partial charge < -0.3 is 15.4 Å². The largest absolute Gasteiger partial charge is 0.468 e. The summed E-state index contributed by atoms with van der Waals surface area (Å²) in [7, 11) is 1.64. The van der Waals surface area contributed by atoms with Crippen LogP contribution < -0.4 is 15.4 Å². The third-order valence-electron chi connectivity index (χ3n) is 3.38. The van der Waals surface area contributed by atoms with Crippen molar-refractivity contribution < 1.29 is 22.7 Å². The number of amides is 1. The van der Waals surface area contributed by atoms with E-state index in [0.717, 1.165) is 0 Å². The number of halogens is 3. The maximum absolute atomic E-state index is 12.3. The number of aromatic nitrogens is 3. The second kappa shape index (κ2) is 7.98. The van der Waals surface area contributed by atoms with E-state index in [1.54, 1.807) is 27.0 Å². The van der Waals surface area contributed by atoms with Gasteiger partial charge in [-0.25, -0.2) is 15.0 Å². The number of carbonyl (C=O) groups excluding carboxylic acids is 1. The number of ether oxygens (including phenoxy) is 1. The van der Waals surface area contributed by atoms with E-state index in [1.165, 1.54) is 18.5 Å². The Morgan fingerprint density at radius 3 is 2.69 bits per heavy atom. The molecule has 26 heavy (non-hydrogen) atoms. The first-order valence-electron chi connectivity index (χ1n) is 7.67. The Balaban J connectivity index is 2.05. The fourth-order valence-electron chi connectivity index (χ4n) is 2.08. The molecule has 0 aliphatic rings. The summed E-state index contributed by atoms with van der Waals surface area (Å²) in [5.41, 5.74) is 1.25. The summed E-state index contributed by atoms with van der Waals surface area (Å²) in [6.07, 6.45) is -1.61. The molecule has 1 unspecified atom stereocenters. The van der Waals surface area contributed by atoms with Crippen LogP contribution in [0.25, 0.3) is 0 Å². The predicted molar refractivity (Wildman–Crippen MR) is 88.0 cm³/mol. The molecule has 2 heterocycles. The van der Waals surface area contributed by atoms with Crippen molar-refractivity contribution in [1.29, 1.82) is 0 Å². The number of rotatable bonds is 6. The van der Waals surface area contributed by atoms with Crippen LogP contribution in [-0.2, 0) is 0 Å². The summed E-state index contributed by atoms with van der Waals surface area (Å²) >= 11 is 0. The van der Waals surface area contributed by atoms with Crippen LogP contribution in [0.3, 0.4) is 0 Å². The molecule has 0 saturated carbocycles. The van der Waals surface area contributed by atoms with Crippen molar-refractivity contribution in [2.75, 3.05) is 19.0 Å². The fraction of sp³-hybridized carbons (Fsp3) is 0.375. The van der Waals surface area contributed by atoms with Gasteiger partial charge in [-0.2, -0.15) is 13.2 Å². The van der Waals surface area contributed by atoms with Crippen molar-refractivity contribution in [1.82, 2.24) is 20.3 Å². The zero-order valence-electron chi connectivity index (χ0n) is 14.4. The van der Waals surface area contributed by atoms with Crippen LogP contribution in [0.1, 0.15) is 34.6 Å². The van der Waals surface area contributed by atoms with Crippen LogP contribution in [0.5, 0.6) is 5.88 Å². The number of nitrogens with zero attached hydrogens (tertiary/aromatic N) is 3. The highest BCUT2D eigenvalue weighted by Gasteiger charge is 2.29. The minimum atomic E-state index is -4.43. The maximum atomic E-state index is 12.3. The Morgan fingerprint density at radius 2 is 2.08 bits per heavy atom.